The van der Waals surface area contributed by atoms with Gasteiger partial charge in [-0.1, -0.05) is 0 Å². The zero-order chi connectivity index (χ0) is 13.2. The number of aliphatic carboxylic acids is 1. The van der Waals surface area contributed by atoms with Crippen molar-refractivity contribution in [1.29, 1.82) is 0 Å². The van der Waals surface area contributed by atoms with Crippen LogP contribution in [0.5, 0.6) is 0 Å². The van der Waals surface area contributed by atoms with Crippen molar-refractivity contribution < 1.29 is 24.2 Å². The van der Waals surface area contributed by atoms with Gasteiger partial charge in [0.15, 0.2) is 5.78 Å². The molecule has 2 atom stereocenters. The summed E-state index contributed by atoms with van der Waals surface area (Å²) in [5, 5.41) is 11.2. The van der Waals surface area contributed by atoms with Crippen LogP contribution in [0, 0.1) is 5.92 Å². The molecule has 1 aliphatic carbocycles. The van der Waals surface area contributed by atoms with Gasteiger partial charge in [-0.05, 0) is 27.2 Å². The van der Waals surface area contributed by atoms with Gasteiger partial charge in [0.1, 0.15) is 5.60 Å². The standard InChI is InChI=1S/C11H17NO5/c1-11(2,3)17-10(16)12-7-4-6(9(14)15)5-8(7)13/h6-7H,4-5H2,1-3H3,(H,12,16)(H,14,15)/t6?,7-/m1/s1. The molecule has 0 spiro atoms. The summed E-state index contributed by atoms with van der Waals surface area (Å²) >= 11 is 0. The Morgan fingerprint density at radius 1 is 1.41 bits per heavy atom. The maximum absolute atomic E-state index is 11.5. The van der Waals surface area contributed by atoms with Gasteiger partial charge < -0.3 is 15.2 Å². The van der Waals surface area contributed by atoms with Crippen LogP contribution in [0.4, 0.5) is 4.79 Å². The van der Waals surface area contributed by atoms with Crippen molar-refractivity contribution in [3.63, 3.8) is 0 Å². The van der Waals surface area contributed by atoms with E-state index in [2.05, 4.69) is 5.32 Å². The summed E-state index contributed by atoms with van der Waals surface area (Å²) in [5.74, 6) is -1.97. The first-order chi connectivity index (χ1) is 7.69. The summed E-state index contributed by atoms with van der Waals surface area (Å²) in [6.07, 6.45) is -0.592. The van der Waals surface area contributed by atoms with Crippen molar-refractivity contribution in [2.45, 2.75) is 45.3 Å². The second-order valence-electron chi connectivity index (χ2n) is 5.14. The third-order valence-corrected chi connectivity index (χ3v) is 2.40. The van der Waals surface area contributed by atoms with Gasteiger partial charge in [0.2, 0.25) is 0 Å². The molecule has 1 saturated carbocycles. The van der Waals surface area contributed by atoms with E-state index in [-0.39, 0.29) is 18.6 Å². The van der Waals surface area contributed by atoms with Crippen LogP contribution in [0.25, 0.3) is 0 Å². The summed E-state index contributed by atoms with van der Waals surface area (Å²) in [4.78, 5) is 33.6. The Hall–Kier alpha value is -1.59. The second-order valence-corrected chi connectivity index (χ2v) is 5.14. The van der Waals surface area contributed by atoms with Gasteiger partial charge in [-0.2, -0.15) is 0 Å². The molecule has 0 aromatic heterocycles. The van der Waals surface area contributed by atoms with Crippen molar-refractivity contribution in [2.75, 3.05) is 0 Å². The molecule has 1 amide bonds. The Morgan fingerprint density at radius 3 is 2.41 bits per heavy atom. The smallest absolute Gasteiger partial charge is 0.408 e. The van der Waals surface area contributed by atoms with Crippen molar-refractivity contribution in [3.05, 3.63) is 0 Å². The third kappa shape index (κ3) is 4.05. The van der Waals surface area contributed by atoms with E-state index in [9.17, 15) is 14.4 Å². The Bertz CT molecular complexity index is 344. The van der Waals surface area contributed by atoms with Crippen LogP contribution in [0.2, 0.25) is 0 Å². The zero-order valence-corrected chi connectivity index (χ0v) is 10.1. The fraction of sp³-hybridized carbons (Fsp3) is 0.727. The highest BCUT2D eigenvalue weighted by atomic mass is 16.6. The lowest BCUT2D eigenvalue weighted by Crippen LogP contribution is -2.41. The monoisotopic (exact) mass is 243 g/mol. The molecule has 0 heterocycles. The molecular weight excluding hydrogens is 226 g/mol. The van der Waals surface area contributed by atoms with Crippen LogP contribution in [0.1, 0.15) is 33.6 Å². The van der Waals surface area contributed by atoms with Crippen LogP contribution in [0.3, 0.4) is 0 Å². The maximum atomic E-state index is 11.5. The van der Waals surface area contributed by atoms with Crippen LogP contribution in [-0.4, -0.2) is 34.6 Å². The average molecular weight is 243 g/mol. The summed E-state index contributed by atoms with van der Waals surface area (Å²) in [7, 11) is 0. The summed E-state index contributed by atoms with van der Waals surface area (Å²) in [6, 6.07) is -0.744. The lowest BCUT2D eigenvalue weighted by molar-refractivity contribution is -0.142. The molecule has 0 aliphatic heterocycles. The molecule has 6 nitrogen and oxygen atoms in total. The molecule has 0 bridgehead atoms. The van der Waals surface area contributed by atoms with Crippen molar-refractivity contribution in [2.24, 2.45) is 5.92 Å². The number of Topliss-reactive ketones (excluding diaryl/α,β-unsaturated/α-hetero) is 1. The number of alkyl carbamates (subject to hydrolysis) is 1. The predicted molar refractivity (Wildman–Crippen MR) is 58.5 cm³/mol. The number of hydrogen-bond donors (Lipinski definition) is 2. The predicted octanol–water partition coefficient (Wildman–Crippen LogP) is 0.943. The average Bonchev–Trinajstić information content (AvgIpc) is 2.44. The molecule has 1 unspecified atom stereocenters. The number of carbonyl (C=O) groups excluding carboxylic acids is 2. The first-order valence-corrected chi connectivity index (χ1v) is 5.44. The van der Waals surface area contributed by atoms with E-state index in [1.807, 2.05) is 0 Å². The highest BCUT2D eigenvalue weighted by molar-refractivity contribution is 5.93. The van der Waals surface area contributed by atoms with Gasteiger partial charge in [-0.3, -0.25) is 9.59 Å². The number of carboxylic acid groups (broad SMARTS) is 1. The third-order valence-electron chi connectivity index (χ3n) is 2.40. The topological polar surface area (TPSA) is 92.7 Å². The largest absolute Gasteiger partial charge is 0.481 e. The first kappa shape index (κ1) is 13.5. The normalized spacial score (nSPS) is 24.5. The lowest BCUT2D eigenvalue weighted by atomic mass is 10.1. The van der Waals surface area contributed by atoms with Gasteiger partial charge in [0, 0.05) is 6.42 Å². The fourth-order valence-electron chi connectivity index (χ4n) is 1.66. The zero-order valence-electron chi connectivity index (χ0n) is 10.1. The molecule has 0 aromatic rings. The highest BCUT2D eigenvalue weighted by Crippen LogP contribution is 2.23. The molecule has 2 N–H and O–H groups in total. The van der Waals surface area contributed by atoms with Crippen LogP contribution < -0.4 is 5.32 Å². The first-order valence-electron chi connectivity index (χ1n) is 5.44. The molecule has 0 radical (unpaired) electrons. The van der Waals surface area contributed by atoms with E-state index >= 15 is 0 Å². The number of carbonyl (C=O) groups is 3. The van der Waals surface area contributed by atoms with Gasteiger partial charge in [-0.25, -0.2) is 4.79 Å². The number of ketones is 1. The van der Waals surface area contributed by atoms with Crippen molar-refractivity contribution in [3.8, 4) is 0 Å². The quantitative estimate of drug-likeness (QED) is 0.753. The number of nitrogens with one attached hydrogen (secondary N) is 1. The van der Waals surface area contributed by atoms with E-state index < -0.39 is 29.6 Å². The number of ether oxygens (including phenoxy) is 1. The lowest BCUT2D eigenvalue weighted by Gasteiger charge is -2.21. The molecular formula is C11H17NO5. The number of amides is 1. The Balaban J connectivity index is 2.50. The molecule has 0 saturated heterocycles. The molecule has 17 heavy (non-hydrogen) atoms. The Kier molecular flexibility index (Phi) is 3.75. The van der Waals surface area contributed by atoms with E-state index in [0.717, 1.165) is 0 Å². The molecule has 1 aliphatic rings. The Labute approximate surface area is 99.3 Å². The van der Waals surface area contributed by atoms with Crippen LogP contribution in [-0.2, 0) is 14.3 Å². The van der Waals surface area contributed by atoms with Gasteiger partial charge in [0.05, 0.1) is 12.0 Å². The van der Waals surface area contributed by atoms with Gasteiger partial charge >= 0.3 is 12.1 Å². The van der Waals surface area contributed by atoms with Crippen LogP contribution in [0.15, 0.2) is 0 Å². The number of carboxylic acids is 1. The van der Waals surface area contributed by atoms with E-state index in [1.54, 1.807) is 20.8 Å². The molecule has 6 heteroatoms. The van der Waals surface area contributed by atoms with Gasteiger partial charge in [0.25, 0.3) is 0 Å². The van der Waals surface area contributed by atoms with Crippen molar-refractivity contribution in [1.82, 2.24) is 5.32 Å². The molecule has 1 rings (SSSR count). The van der Waals surface area contributed by atoms with Crippen LogP contribution >= 0.6 is 0 Å². The SMILES string of the molecule is CC(C)(C)OC(=O)N[C@@H]1CC(C(=O)O)CC1=O. The fourth-order valence-corrected chi connectivity index (χ4v) is 1.66. The maximum Gasteiger partial charge on any atom is 0.408 e. The molecule has 96 valence electrons. The highest BCUT2D eigenvalue weighted by Gasteiger charge is 2.38. The second kappa shape index (κ2) is 4.73. The van der Waals surface area contributed by atoms with E-state index in [1.165, 1.54) is 0 Å². The summed E-state index contributed by atoms with van der Waals surface area (Å²) < 4.78 is 4.99. The minimum atomic E-state index is -1.01. The molecule has 0 aromatic carbocycles. The molecule has 1 fully saturated rings. The van der Waals surface area contributed by atoms with Gasteiger partial charge in [-0.15, -0.1) is 0 Å². The number of rotatable bonds is 2. The van der Waals surface area contributed by atoms with E-state index in [0.29, 0.717) is 0 Å². The minimum absolute atomic E-state index is 0.0319. The summed E-state index contributed by atoms with van der Waals surface area (Å²) in [5.41, 5.74) is -0.641. The Morgan fingerprint density at radius 2 is 2.00 bits per heavy atom. The summed E-state index contributed by atoms with van der Waals surface area (Å²) in [6.45, 7) is 5.13. The number of hydrogen-bond acceptors (Lipinski definition) is 4. The minimum Gasteiger partial charge on any atom is -0.481 e. The van der Waals surface area contributed by atoms with E-state index in [4.69, 9.17) is 9.84 Å². The van der Waals surface area contributed by atoms with Crippen molar-refractivity contribution >= 4 is 17.8 Å².